The van der Waals surface area contributed by atoms with E-state index in [1.165, 1.54) is 30.3 Å². The molecule has 0 fully saturated rings. The standard InChI is InChI=1S/C43H41N3O14S4/c1-7-45-33-16-14-27-29(20-25(62(50,51)52)22-35(27)61-60-59-49)39(33)42(3,4)37(45)18-12-24(31-10-9-11-32(44-31)41(47)48)13-19-38-43(5,6)40-30-21-26(63(53,54)55)23-36(64(56,57)58)28(30)15-17-34(40)46(38)8-2/h9-23H,7-8H2,1-6H3,(H4-,47,48,49,50,51,52,53,54,55,56,57,58). The van der Waals surface area contributed by atoms with Crippen LogP contribution in [0.3, 0.4) is 0 Å². The number of anilines is 1. The molecule has 0 amide bonds. The molecule has 0 atom stereocenters. The summed E-state index contributed by atoms with van der Waals surface area (Å²) in [5, 5.41) is 25.4. The van der Waals surface area contributed by atoms with Crippen LogP contribution < -0.4 is 10.2 Å². The molecule has 336 valence electrons. The fourth-order valence-electron chi connectivity index (χ4n) is 8.87. The molecule has 0 aliphatic carbocycles. The third kappa shape index (κ3) is 8.16. The minimum Gasteiger partial charge on any atom is -0.691 e. The Morgan fingerprint density at radius 1 is 0.812 bits per heavy atom. The van der Waals surface area contributed by atoms with Gasteiger partial charge in [-0.25, -0.2) is 9.78 Å². The van der Waals surface area contributed by atoms with E-state index < -0.39 is 61.8 Å². The Labute approximate surface area is 373 Å². The highest BCUT2D eigenvalue weighted by Gasteiger charge is 2.46. The third-order valence-corrected chi connectivity index (χ3v) is 14.8. The van der Waals surface area contributed by atoms with Crippen molar-refractivity contribution in [2.45, 2.75) is 72.0 Å². The molecular weight excluding hydrogens is 911 g/mol. The second-order valence-corrected chi connectivity index (χ2v) is 20.9. The second kappa shape index (κ2) is 16.6. The van der Waals surface area contributed by atoms with Gasteiger partial charge in [0.15, 0.2) is 5.71 Å². The number of fused-ring (bicyclic) bond motifs is 6. The molecule has 5 aromatic rings. The van der Waals surface area contributed by atoms with Gasteiger partial charge in [0.1, 0.15) is 17.1 Å². The van der Waals surface area contributed by atoms with Gasteiger partial charge in [0, 0.05) is 56.9 Å². The van der Waals surface area contributed by atoms with Crippen LogP contribution in [0.15, 0.2) is 116 Å². The van der Waals surface area contributed by atoms with E-state index >= 15 is 0 Å². The number of carbonyl (C=O) groups is 1. The van der Waals surface area contributed by atoms with Crippen molar-refractivity contribution in [3.05, 3.63) is 119 Å². The van der Waals surface area contributed by atoms with Crippen molar-refractivity contribution in [1.82, 2.24) is 4.98 Å². The van der Waals surface area contributed by atoms with Crippen molar-refractivity contribution >= 4 is 92.6 Å². The molecule has 1 aromatic heterocycles. The van der Waals surface area contributed by atoms with Gasteiger partial charge in [-0.3, -0.25) is 18.7 Å². The highest BCUT2D eigenvalue weighted by molar-refractivity contribution is 7.94. The predicted octanol–water partition coefficient (Wildman–Crippen LogP) is 6.79. The van der Waals surface area contributed by atoms with Crippen LogP contribution >= 0.6 is 12.0 Å². The van der Waals surface area contributed by atoms with Crippen LogP contribution in [0.2, 0.25) is 0 Å². The first kappa shape index (κ1) is 46.7. The molecule has 2 aliphatic heterocycles. The first-order valence-corrected chi connectivity index (χ1v) is 24.4. The number of hydrogen-bond acceptors (Lipinski definition) is 13. The molecule has 0 spiro atoms. The van der Waals surface area contributed by atoms with Crippen molar-refractivity contribution in [2.24, 2.45) is 0 Å². The normalized spacial score (nSPS) is 17.0. The summed E-state index contributed by atoms with van der Waals surface area (Å²) >= 11 is 0.487. The quantitative estimate of drug-likeness (QED) is 0.0236. The molecule has 4 aromatic carbocycles. The van der Waals surface area contributed by atoms with E-state index in [9.17, 15) is 54.1 Å². The van der Waals surface area contributed by atoms with Gasteiger partial charge in [0.25, 0.3) is 30.4 Å². The first-order valence-electron chi connectivity index (χ1n) is 19.4. The summed E-state index contributed by atoms with van der Waals surface area (Å²) in [5.74, 6) is -1.26. The minimum atomic E-state index is -4.96. The second-order valence-electron chi connectivity index (χ2n) is 15.9. The monoisotopic (exact) mass is 951 g/mol. The highest BCUT2D eigenvalue weighted by atomic mass is 32.2. The van der Waals surface area contributed by atoms with E-state index in [0.29, 0.717) is 70.1 Å². The predicted molar refractivity (Wildman–Crippen MR) is 236 cm³/mol. The average molecular weight is 952 g/mol. The average Bonchev–Trinajstić information content (AvgIpc) is 3.59. The van der Waals surface area contributed by atoms with E-state index in [0.717, 1.165) is 11.4 Å². The van der Waals surface area contributed by atoms with Crippen LogP contribution in [0.25, 0.3) is 27.1 Å². The molecule has 64 heavy (non-hydrogen) atoms. The number of carboxylic acid groups (broad SMARTS) is 1. The Balaban J connectivity index is 1.42. The van der Waals surface area contributed by atoms with Gasteiger partial charge in [0.05, 0.1) is 32.9 Å². The fourth-order valence-corrected chi connectivity index (χ4v) is 11.4. The van der Waals surface area contributed by atoms with Crippen molar-refractivity contribution in [3.8, 4) is 0 Å². The maximum Gasteiger partial charge on any atom is 0.354 e. The smallest absolute Gasteiger partial charge is 0.354 e. The summed E-state index contributed by atoms with van der Waals surface area (Å²) in [7, 11) is -14.6. The Morgan fingerprint density at radius 3 is 2.03 bits per heavy atom. The number of carboxylic acids is 1. The van der Waals surface area contributed by atoms with E-state index in [1.54, 1.807) is 42.5 Å². The van der Waals surface area contributed by atoms with Gasteiger partial charge in [-0.1, -0.05) is 32.1 Å². The van der Waals surface area contributed by atoms with Crippen molar-refractivity contribution in [2.75, 3.05) is 18.0 Å². The summed E-state index contributed by atoms with van der Waals surface area (Å²) in [4.78, 5) is 16.8. The van der Waals surface area contributed by atoms with Crippen LogP contribution in [-0.4, -0.2) is 78.3 Å². The van der Waals surface area contributed by atoms with Gasteiger partial charge < -0.3 is 15.3 Å². The van der Waals surface area contributed by atoms with Gasteiger partial charge in [0.2, 0.25) is 5.69 Å². The maximum absolute atomic E-state index is 12.6. The molecule has 0 saturated carbocycles. The molecule has 4 N–H and O–H groups in total. The van der Waals surface area contributed by atoms with Crippen LogP contribution in [-0.2, 0) is 50.6 Å². The van der Waals surface area contributed by atoms with Crippen LogP contribution in [0, 0.1) is 0 Å². The number of hydrogen-bond donors (Lipinski definition) is 4. The summed E-state index contributed by atoms with van der Waals surface area (Å²) in [6.07, 6.45) is 7.15. The van der Waals surface area contributed by atoms with Crippen LogP contribution in [0.4, 0.5) is 11.4 Å². The van der Waals surface area contributed by atoms with Gasteiger partial charge >= 0.3 is 5.97 Å². The molecule has 21 heteroatoms. The lowest BCUT2D eigenvalue weighted by molar-refractivity contribution is -0.777. The lowest BCUT2D eigenvalue weighted by atomic mass is 9.79. The minimum absolute atomic E-state index is 0.0346. The Bertz CT molecular complexity index is 3300. The zero-order valence-electron chi connectivity index (χ0n) is 34.9. The van der Waals surface area contributed by atoms with Gasteiger partial charge in [-0.15, -0.1) is 0 Å². The molecule has 7 rings (SSSR count). The van der Waals surface area contributed by atoms with Crippen molar-refractivity contribution < 1.29 is 68.0 Å². The van der Waals surface area contributed by atoms with E-state index in [4.69, 9.17) is 0 Å². The number of benzene rings is 4. The lowest BCUT2D eigenvalue weighted by Gasteiger charge is -2.26. The number of nitrogens with zero attached hydrogens (tertiary/aromatic N) is 3. The topological polar surface area (TPSA) is 261 Å². The van der Waals surface area contributed by atoms with Crippen LogP contribution in [0.1, 0.15) is 68.9 Å². The molecular formula is C43H41N3O14S4. The summed E-state index contributed by atoms with van der Waals surface area (Å²) in [5.41, 5.74) is 2.65. The number of allylic oxidation sites excluding steroid dienone is 6. The molecule has 2 aliphatic rings. The van der Waals surface area contributed by atoms with Crippen molar-refractivity contribution in [1.29, 1.82) is 0 Å². The largest absolute Gasteiger partial charge is 0.691 e. The van der Waals surface area contributed by atoms with Gasteiger partial charge in [-0.2, -0.15) is 34.2 Å². The first-order chi connectivity index (χ1) is 29.9. The number of rotatable bonds is 13. The molecule has 0 radical (unpaired) electrons. The Morgan fingerprint density at radius 2 is 1.44 bits per heavy atom. The number of aromatic carboxylic acids is 1. The Hall–Kier alpha value is -5.33. The number of likely N-dealkylation sites (N-methyl/N-ethyl adjacent to an activating group) is 1. The zero-order chi connectivity index (χ0) is 46.9. The third-order valence-electron chi connectivity index (χ3n) is 11.6. The molecule has 0 saturated heterocycles. The summed E-state index contributed by atoms with van der Waals surface area (Å²) < 4.78 is 112. The maximum atomic E-state index is 12.6. The molecule has 0 bridgehead atoms. The van der Waals surface area contributed by atoms with Crippen molar-refractivity contribution in [3.63, 3.8) is 0 Å². The SMILES string of the molecule is CCN1/C(=C/C=C(/C=C/C2=[N+](CC)c3ccc4c(SOO[O-])cc(S(=O)(=O)O)cc4c3C2(C)C)c2cccc(C(=O)O)n2)C(C)(C)c2c1ccc1c(S(=O)(=O)O)cc(S(=O)(=O)O)cc21. The Kier molecular flexibility index (Phi) is 12.1. The van der Waals surface area contributed by atoms with E-state index in [-0.39, 0.29) is 27.1 Å². The highest BCUT2D eigenvalue weighted by Crippen LogP contribution is 2.52. The lowest BCUT2D eigenvalue weighted by Crippen LogP contribution is -2.27. The fraction of sp³-hybridized carbons (Fsp3) is 0.233. The van der Waals surface area contributed by atoms with E-state index in [1.807, 2.05) is 63.2 Å². The number of aromatic nitrogens is 1. The van der Waals surface area contributed by atoms with Crippen LogP contribution in [0.5, 0.6) is 0 Å². The molecule has 3 heterocycles. The zero-order valence-corrected chi connectivity index (χ0v) is 38.2. The molecule has 17 nitrogen and oxygen atoms in total. The molecule has 0 unspecified atom stereocenters. The van der Waals surface area contributed by atoms with E-state index in [2.05, 4.69) is 14.4 Å². The van der Waals surface area contributed by atoms with Gasteiger partial charge in [-0.05, 0) is 110 Å². The summed E-state index contributed by atoms with van der Waals surface area (Å²) in [6, 6.07) is 15.6. The number of pyridine rings is 1. The summed E-state index contributed by atoms with van der Waals surface area (Å²) in [6.45, 7) is 12.2.